The first-order chi connectivity index (χ1) is 10.8. The van der Waals surface area contributed by atoms with Gasteiger partial charge in [0.15, 0.2) is 9.84 Å². The van der Waals surface area contributed by atoms with Gasteiger partial charge in [-0.2, -0.15) is 0 Å². The fourth-order valence-corrected chi connectivity index (χ4v) is 5.58. The molecule has 0 aromatic carbocycles. The fraction of sp³-hybridized carbons (Fsp3) is 0.643. The molecule has 0 spiro atoms. The fourth-order valence-electron chi connectivity index (χ4n) is 2.77. The second kappa shape index (κ2) is 7.04. The van der Waals surface area contributed by atoms with Crippen molar-refractivity contribution in [3.05, 3.63) is 18.3 Å². The largest absolute Gasteiger partial charge is 0.367 e. The number of pyridine rings is 1. The number of hydrogen-bond donors (Lipinski definition) is 1. The van der Waals surface area contributed by atoms with Crippen molar-refractivity contribution in [2.24, 2.45) is 0 Å². The van der Waals surface area contributed by atoms with Crippen LogP contribution >= 0.6 is 0 Å². The van der Waals surface area contributed by atoms with Crippen molar-refractivity contribution < 1.29 is 16.8 Å². The summed E-state index contributed by atoms with van der Waals surface area (Å²) in [5.41, 5.74) is 0.799. The Balaban J connectivity index is 2.11. The summed E-state index contributed by atoms with van der Waals surface area (Å²) in [5, 5.41) is 0. The number of hydrogen-bond acceptors (Lipinski definition) is 6. The molecule has 0 aliphatic carbocycles. The minimum absolute atomic E-state index is 0.0468. The summed E-state index contributed by atoms with van der Waals surface area (Å²) in [6.45, 7) is 4.43. The summed E-state index contributed by atoms with van der Waals surface area (Å²) in [4.78, 5) is 6.14. The SMILES string of the molecule is CCCS(=O)(=O)Nc1ccc(N(CC)C2CCS(=O)(=O)C2)cn1. The molecule has 2 rings (SSSR count). The van der Waals surface area contributed by atoms with E-state index in [-0.39, 0.29) is 29.1 Å². The Morgan fingerprint density at radius 2 is 2.09 bits per heavy atom. The molecule has 9 heteroatoms. The van der Waals surface area contributed by atoms with E-state index in [2.05, 4.69) is 9.71 Å². The van der Waals surface area contributed by atoms with Gasteiger partial charge in [-0.05, 0) is 31.9 Å². The van der Waals surface area contributed by atoms with Crippen molar-refractivity contribution in [3.63, 3.8) is 0 Å². The van der Waals surface area contributed by atoms with Crippen LogP contribution in [-0.2, 0) is 19.9 Å². The Hall–Kier alpha value is -1.35. The molecule has 7 nitrogen and oxygen atoms in total. The Morgan fingerprint density at radius 1 is 1.35 bits per heavy atom. The molecule has 1 unspecified atom stereocenters. The second-order valence-electron chi connectivity index (χ2n) is 5.67. The quantitative estimate of drug-likeness (QED) is 0.785. The van der Waals surface area contributed by atoms with Crippen molar-refractivity contribution in [1.82, 2.24) is 4.98 Å². The van der Waals surface area contributed by atoms with Gasteiger partial charge in [-0.3, -0.25) is 4.72 Å². The number of sulfonamides is 1. The highest BCUT2D eigenvalue weighted by molar-refractivity contribution is 7.92. The highest BCUT2D eigenvalue weighted by atomic mass is 32.2. The van der Waals surface area contributed by atoms with Gasteiger partial charge in [0.05, 0.1) is 29.1 Å². The summed E-state index contributed by atoms with van der Waals surface area (Å²) in [7, 11) is -6.31. The molecule has 1 aromatic heterocycles. The third-order valence-electron chi connectivity index (χ3n) is 3.80. The van der Waals surface area contributed by atoms with Crippen LogP contribution in [0.2, 0.25) is 0 Å². The molecule has 1 aromatic rings. The lowest BCUT2D eigenvalue weighted by molar-refractivity contribution is 0.597. The van der Waals surface area contributed by atoms with Gasteiger partial charge < -0.3 is 4.90 Å². The molecule has 1 saturated heterocycles. The van der Waals surface area contributed by atoms with Crippen LogP contribution in [0.3, 0.4) is 0 Å². The monoisotopic (exact) mass is 361 g/mol. The van der Waals surface area contributed by atoms with Crippen molar-refractivity contribution in [3.8, 4) is 0 Å². The number of aromatic nitrogens is 1. The average molecular weight is 361 g/mol. The van der Waals surface area contributed by atoms with E-state index >= 15 is 0 Å². The maximum absolute atomic E-state index is 11.7. The van der Waals surface area contributed by atoms with Crippen LogP contribution in [0.5, 0.6) is 0 Å². The molecule has 2 heterocycles. The van der Waals surface area contributed by atoms with Crippen molar-refractivity contribution in [2.75, 3.05) is 33.4 Å². The van der Waals surface area contributed by atoms with E-state index in [0.717, 1.165) is 5.69 Å². The lowest BCUT2D eigenvalue weighted by Gasteiger charge is -2.28. The van der Waals surface area contributed by atoms with Gasteiger partial charge in [-0.25, -0.2) is 21.8 Å². The van der Waals surface area contributed by atoms with Crippen LogP contribution in [-0.4, -0.2) is 51.7 Å². The van der Waals surface area contributed by atoms with Crippen LogP contribution in [0.4, 0.5) is 11.5 Å². The Bertz CT molecular complexity index is 730. The molecule has 23 heavy (non-hydrogen) atoms. The number of sulfone groups is 1. The van der Waals surface area contributed by atoms with Crippen LogP contribution in [0.1, 0.15) is 26.7 Å². The highest BCUT2D eigenvalue weighted by Crippen LogP contribution is 2.24. The molecular weight excluding hydrogens is 338 g/mol. The molecule has 0 amide bonds. The van der Waals surface area contributed by atoms with Crippen molar-refractivity contribution in [1.29, 1.82) is 0 Å². The molecule has 1 N–H and O–H groups in total. The van der Waals surface area contributed by atoms with E-state index in [1.807, 2.05) is 11.8 Å². The maximum Gasteiger partial charge on any atom is 0.233 e. The van der Waals surface area contributed by atoms with Crippen molar-refractivity contribution in [2.45, 2.75) is 32.7 Å². The molecule has 0 bridgehead atoms. The minimum atomic E-state index is -3.36. The normalized spacial score (nSPS) is 20.3. The third kappa shape index (κ3) is 4.81. The third-order valence-corrected chi connectivity index (χ3v) is 7.02. The summed E-state index contributed by atoms with van der Waals surface area (Å²) in [6.07, 6.45) is 2.73. The maximum atomic E-state index is 11.7. The Labute approximate surface area is 138 Å². The van der Waals surface area contributed by atoms with Crippen LogP contribution in [0.25, 0.3) is 0 Å². The van der Waals surface area contributed by atoms with E-state index in [1.165, 1.54) is 0 Å². The molecule has 1 fully saturated rings. The summed E-state index contributed by atoms with van der Waals surface area (Å²) in [5.74, 6) is 0.705. The van der Waals surface area contributed by atoms with E-state index in [4.69, 9.17) is 0 Å². The van der Waals surface area contributed by atoms with Gasteiger partial charge >= 0.3 is 0 Å². The number of nitrogens with zero attached hydrogens (tertiary/aromatic N) is 2. The topological polar surface area (TPSA) is 96.4 Å². The zero-order chi connectivity index (χ0) is 17.1. The number of rotatable bonds is 7. The van der Waals surface area contributed by atoms with Crippen molar-refractivity contribution >= 4 is 31.4 Å². The van der Waals surface area contributed by atoms with E-state index in [1.54, 1.807) is 25.3 Å². The van der Waals surface area contributed by atoms with Gasteiger partial charge in [0.2, 0.25) is 10.0 Å². The van der Waals surface area contributed by atoms with E-state index in [9.17, 15) is 16.8 Å². The van der Waals surface area contributed by atoms with E-state index < -0.39 is 19.9 Å². The smallest absolute Gasteiger partial charge is 0.233 e. The van der Waals surface area contributed by atoms with Crippen LogP contribution in [0, 0.1) is 0 Å². The lowest BCUT2D eigenvalue weighted by atomic mass is 10.2. The Kier molecular flexibility index (Phi) is 5.51. The molecule has 0 saturated carbocycles. The first-order valence-corrected chi connectivity index (χ1v) is 11.2. The van der Waals surface area contributed by atoms with Crippen LogP contribution < -0.4 is 9.62 Å². The summed E-state index contributed by atoms with van der Waals surface area (Å²) in [6, 6.07) is 3.33. The molecular formula is C14H23N3O4S2. The Morgan fingerprint density at radius 3 is 2.57 bits per heavy atom. The van der Waals surface area contributed by atoms with E-state index in [0.29, 0.717) is 19.4 Å². The molecule has 1 aliphatic rings. The number of nitrogens with one attached hydrogen (secondary N) is 1. The average Bonchev–Trinajstić information content (AvgIpc) is 2.81. The van der Waals surface area contributed by atoms with Crippen LogP contribution in [0.15, 0.2) is 18.3 Å². The first kappa shape index (κ1) is 18.0. The first-order valence-electron chi connectivity index (χ1n) is 7.70. The number of anilines is 2. The highest BCUT2D eigenvalue weighted by Gasteiger charge is 2.31. The second-order valence-corrected chi connectivity index (χ2v) is 9.74. The summed E-state index contributed by atoms with van der Waals surface area (Å²) >= 11 is 0. The molecule has 1 atom stereocenters. The molecule has 0 radical (unpaired) electrons. The zero-order valence-electron chi connectivity index (χ0n) is 13.4. The lowest BCUT2D eigenvalue weighted by Crippen LogP contribution is -2.36. The van der Waals surface area contributed by atoms with Gasteiger partial charge in [0.25, 0.3) is 0 Å². The molecule has 1 aliphatic heterocycles. The predicted molar refractivity (Wildman–Crippen MR) is 92.0 cm³/mol. The minimum Gasteiger partial charge on any atom is -0.367 e. The van der Waals surface area contributed by atoms with Gasteiger partial charge in [0, 0.05) is 12.6 Å². The predicted octanol–water partition coefficient (Wildman–Crippen LogP) is 1.25. The summed E-state index contributed by atoms with van der Waals surface area (Å²) < 4.78 is 49.2. The van der Waals surface area contributed by atoms with Gasteiger partial charge in [-0.15, -0.1) is 0 Å². The van der Waals surface area contributed by atoms with Gasteiger partial charge in [-0.1, -0.05) is 6.92 Å². The standard InChI is InChI=1S/C14H23N3O4S2/c1-3-8-23(20,21)16-14-6-5-12(10-15-14)17(4-2)13-7-9-22(18,19)11-13/h5-6,10,13H,3-4,7-9,11H2,1-2H3,(H,15,16). The van der Waals surface area contributed by atoms with Gasteiger partial charge in [0.1, 0.15) is 5.82 Å². The zero-order valence-corrected chi connectivity index (χ0v) is 15.0. The molecule has 130 valence electrons.